The number of amides is 1. The Balaban J connectivity index is 1.82. The maximum absolute atomic E-state index is 12.1. The van der Waals surface area contributed by atoms with Crippen LogP contribution >= 0.6 is 0 Å². The highest BCUT2D eigenvalue weighted by atomic mass is 16.6. The van der Waals surface area contributed by atoms with Crippen molar-refractivity contribution < 1.29 is 14.3 Å². The van der Waals surface area contributed by atoms with Gasteiger partial charge in [-0.05, 0) is 49.6 Å². The zero-order valence-corrected chi connectivity index (χ0v) is 19.4. The molecule has 0 saturated heterocycles. The van der Waals surface area contributed by atoms with E-state index in [0.29, 0.717) is 19.6 Å². The van der Waals surface area contributed by atoms with E-state index >= 15 is 0 Å². The van der Waals surface area contributed by atoms with E-state index < -0.39 is 5.60 Å². The summed E-state index contributed by atoms with van der Waals surface area (Å²) < 4.78 is 10.6. The Labute approximate surface area is 185 Å². The zero-order chi connectivity index (χ0) is 22.9. The highest BCUT2D eigenvalue weighted by Crippen LogP contribution is 2.13. The van der Waals surface area contributed by atoms with Crippen molar-refractivity contribution in [2.24, 2.45) is 4.99 Å². The van der Waals surface area contributed by atoms with Gasteiger partial charge in [0.25, 0.3) is 0 Å². The van der Waals surface area contributed by atoms with Gasteiger partial charge in [0.2, 0.25) is 0 Å². The van der Waals surface area contributed by atoms with E-state index in [2.05, 4.69) is 15.6 Å². The molecule has 0 bridgehead atoms. The van der Waals surface area contributed by atoms with E-state index in [0.717, 1.165) is 28.4 Å². The Morgan fingerprint density at radius 2 is 1.61 bits per heavy atom. The zero-order valence-electron chi connectivity index (χ0n) is 19.4. The van der Waals surface area contributed by atoms with Crippen molar-refractivity contribution in [3.63, 3.8) is 0 Å². The van der Waals surface area contributed by atoms with Crippen LogP contribution in [0.4, 0.5) is 4.79 Å². The lowest BCUT2D eigenvalue weighted by Crippen LogP contribution is -2.36. The van der Waals surface area contributed by atoms with Crippen LogP contribution in [0, 0.1) is 0 Å². The van der Waals surface area contributed by atoms with Gasteiger partial charge < -0.3 is 25.0 Å². The molecule has 0 spiro atoms. The predicted octanol–water partition coefficient (Wildman–Crippen LogP) is 3.93. The first kappa shape index (κ1) is 24.1. The Bertz CT molecular complexity index is 873. The third kappa shape index (κ3) is 8.58. The molecule has 0 aromatic heterocycles. The highest BCUT2D eigenvalue weighted by Gasteiger charge is 2.19. The number of methoxy groups -OCH3 is 1. The first-order valence-electron chi connectivity index (χ1n) is 10.3. The van der Waals surface area contributed by atoms with Gasteiger partial charge in [0, 0.05) is 33.7 Å². The van der Waals surface area contributed by atoms with Crippen molar-refractivity contribution in [2.75, 3.05) is 21.2 Å². The first-order valence-corrected chi connectivity index (χ1v) is 10.3. The fourth-order valence-corrected chi connectivity index (χ4v) is 2.82. The normalized spacial score (nSPS) is 11.6. The molecular formula is C24H34N4O3. The van der Waals surface area contributed by atoms with Crippen molar-refractivity contribution in [1.82, 2.24) is 15.5 Å². The lowest BCUT2D eigenvalue weighted by molar-refractivity contribution is 0.0285. The molecule has 2 rings (SSSR count). The van der Waals surface area contributed by atoms with Crippen LogP contribution in [0.2, 0.25) is 0 Å². The summed E-state index contributed by atoms with van der Waals surface area (Å²) in [5.41, 5.74) is 2.77. The summed E-state index contributed by atoms with van der Waals surface area (Å²) in [5, 5.41) is 6.61. The molecule has 0 aliphatic heterocycles. The molecule has 2 N–H and O–H groups in total. The average molecular weight is 427 g/mol. The molecule has 1 amide bonds. The monoisotopic (exact) mass is 426 g/mol. The van der Waals surface area contributed by atoms with E-state index in [9.17, 15) is 4.79 Å². The summed E-state index contributed by atoms with van der Waals surface area (Å²) >= 11 is 0. The summed E-state index contributed by atoms with van der Waals surface area (Å²) in [5.74, 6) is 1.55. The smallest absolute Gasteiger partial charge is 0.410 e. The number of hydrogen-bond acceptors (Lipinski definition) is 4. The van der Waals surface area contributed by atoms with E-state index in [4.69, 9.17) is 9.47 Å². The van der Waals surface area contributed by atoms with Crippen LogP contribution in [0.25, 0.3) is 0 Å². The molecule has 7 nitrogen and oxygen atoms in total. The van der Waals surface area contributed by atoms with Crippen LogP contribution < -0.4 is 15.4 Å². The Kier molecular flexibility index (Phi) is 8.73. The third-order valence-corrected chi connectivity index (χ3v) is 4.43. The quantitative estimate of drug-likeness (QED) is 0.518. The van der Waals surface area contributed by atoms with Crippen LogP contribution in [-0.4, -0.2) is 43.8 Å². The van der Waals surface area contributed by atoms with Crippen molar-refractivity contribution >= 4 is 12.1 Å². The Morgan fingerprint density at radius 1 is 1.00 bits per heavy atom. The summed E-state index contributed by atoms with van der Waals surface area (Å²) in [6.07, 6.45) is -0.329. The number of nitrogens with one attached hydrogen (secondary N) is 2. The van der Waals surface area contributed by atoms with Crippen molar-refractivity contribution in [3.8, 4) is 5.75 Å². The number of hydrogen-bond donors (Lipinski definition) is 2. The molecule has 0 aliphatic carbocycles. The molecule has 2 aromatic rings. The van der Waals surface area contributed by atoms with Crippen molar-refractivity contribution in [3.05, 3.63) is 65.2 Å². The Morgan fingerprint density at radius 3 is 2.19 bits per heavy atom. The van der Waals surface area contributed by atoms with E-state index in [-0.39, 0.29) is 6.09 Å². The van der Waals surface area contributed by atoms with Crippen LogP contribution in [0.15, 0.2) is 53.5 Å². The molecule has 0 fully saturated rings. The molecule has 0 saturated carbocycles. The number of aliphatic imine (C=N–C) groups is 1. The maximum atomic E-state index is 12.1. The minimum Gasteiger partial charge on any atom is -0.497 e. The predicted molar refractivity (Wildman–Crippen MR) is 124 cm³/mol. The van der Waals surface area contributed by atoms with Crippen molar-refractivity contribution in [2.45, 2.75) is 46.0 Å². The summed E-state index contributed by atoms with van der Waals surface area (Å²) in [6.45, 7) is 7.36. The molecule has 0 heterocycles. The number of nitrogens with zero attached hydrogens (tertiary/aromatic N) is 2. The van der Waals surface area contributed by atoms with Crippen LogP contribution in [-0.2, 0) is 24.4 Å². The summed E-state index contributed by atoms with van der Waals surface area (Å²) in [4.78, 5) is 18.0. The van der Waals surface area contributed by atoms with Gasteiger partial charge in [-0.25, -0.2) is 4.79 Å². The van der Waals surface area contributed by atoms with Gasteiger partial charge in [0.1, 0.15) is 11.4 Å². The number of guanidine groups is 1. The largest absolute Gasteiger partial charge is 0.497 e. The second kappa shape index (κ2) is 11.2. The molecule has 0 radical (unpaired) electrons. The molecule has 2 aromatic carbocycles. The first-order chi connectivity index (χ1) is 14.7. The van der Waals surface area contributed by atoms with Crippen LogP contribution in [0.5, 0.6) is 5.75 Å². The summed E-state index contributed by atoms with van der Waals surface area (Å²) in [6, 6.07) is 16.0. The molecule has 0 aliphatic rings. The highest BCUT2D eigenvalue weighted by molar-refractivity contribution is 5.79. The molecule has 7 heteroatoms. The number of benzene rings is 2. The van der Waals surface area contributed by atoms with Crippen LogP contribution in [0.3, 0.4) is 0 Å². The molecule has 0 atom stereocenters. The van der Waals surface area contributed by atoms with Gasteiger partial charge in [0.15, 0.2) is 5.96 Å². The topological polar surface area (TPSA) is 75.2 Å². The average Bonchev–Trinajstić information content (AvgIpc) is 2.74. The SMILES string of the molecule is CN=C(NCc1ccc(CN(C)C(=O)OC(C)(C)C)cc1)NCc1cccc(OC)c1. The fraction of sp³-hybridized carbons (Fsp3) is 0.417. The minimum atomic E-state index is -0.500. The van der Waals surface area contributed by atoms with E-state index in [1.54, 1.807) is 26.1 Å². The second-order valence-electron chi connectivity index (χ2n) is 8.28. The van der Waals surface area contributed by atoms with Crippen molar-refractivity contribution in [1.29, 1.82) is 0 Å². The lowest BCUT2D eigenvalue weighted by atomic mass is 10.1. The second-order valence-corrected chi connectivity index (χ2v) is 8.28. The maximum Gasteiger partial charge on any atom is 0.410 e. The van der Waals surface area contributed by atoms with Crippen LogP contribution in [0.1, 0.15) is 37.5 Å². The Hall–Kier alpha value is -3.22. The van der Waals surface area contributed by atoms with Gasteiger partial charge in [-0.1, -0.05) is 36.4 Å². The van der Waals surface area contributed by atoms with Gasteiger partial charge >= 0.3 is 6.09 Å². The van der Waals surface area contributed by atoms with Gasteiger partial charge in [-0.2, -0.15) is 0 Å². The van der Waals surface area contributed by atoms with E-state index in [1.807, 2.05) is 69.3 Å². The molecule has 31 heavy (non-hydrogen) atoms. The van der Waals surface area contributed by atoms with E-state index in [1.165, 1.54) is 0 Å². The molecule has 0 unspecified atom stereocenters. The molecule has 168 valence electrons. The third-order valence-electron chi connectivity index (χ3n) is 4.43. The van der Waals surface area contributed by atoms with Gasteiger partial charge in [0.05, 0.1) is 7.11 Å². The molecular weight excluding hydrogens is 392 g/mol. The fourth-order valence-electron chi connectivity index (χ4n) is 2.82. The van der Waals surface area contributed by atoms with Gasteiger partial charge in [-0.15, -0.1) is 0 Å². The minimum absolute atomic E-state index is 0.329. The number of ether oxygens (including phenoxy) is 2. The number of rotatable bonds is 7. The van der Waals surface area contributed by atoms with Gasteiger partial charge in [-0.3, -0.25) is 4.99 Å². The summed E-state index contributed by atoms with van der Waals surface area (Å²) in [7, 11) is 5.14. The number of carbonyl (C=O) groups is 1. The lowest BCUT2D eigenvalue weighted by Gasteiger charge is -2.24. The number of carbonyl (C=O) groups excluding carboxylic acids is 1. The standard InChI is InChI=1S/C24H34N4O3/c1-24(2,3)31-23(29)28(5)17-19-12-10-18(11-13-19)15-26-22(25-4)27-16-20-8-7-9-21(14-20)30-6/h7-14H,15-17H2,1-6H3,(H2,25,26,27).